The molecule has 144 valence electrons. The molecule has 1 aromatic carbocycles. The molecular weight excluding hydrogens is 405 g/mol. The fraction of sp³-hybridized carbons (Fsp3) is 0.100. The largest absolute Gasteiger partial charge is 0.867 e. The van der Waals surface area contributed by atoms with Gasteiger partial charge >= 0.3 is 6.18 Å². The summed E-state index contributed by atoms with van der Waals surface area (Å²) in [5, 5.41) is 17.6. The van der Waals surface area contributed by atoms with Crippen LogP contribution < -0.4 is 15.0 Å². The Labute approximate surface area is 169 Å². The molecule has 8 heteroatoms. The molecule has 2 aromatic heterocycles. The van der Waals surface area contributed by atoms with E-state index in [0.717, 1.165) is 17.7 Å². The van der Waals surface area contributed by atoms with E-state index in [9.17, 15) is 18.3 Å². The number of aromatic nitrogens is 1. The molecule has 0 aliphatic rings. The molecule has 0 fully saturated rings. The van der Waals surface area contributed by atoms with E-state index in [1.54, 1.807) is 40.5 Å². The molecule has 3 aromatic rings. The Balaban J connectivity index is 2.02. The van der Waals surface area contributed by atoms with Crippen LogP contribution in [0.25, 0.3) is 11.5 Å². The Hall–Kier alpha value is -2.71. The Bertz CT molecular complexity index is 1030. The first-order chi connectivity index (χ1) is 13.3. The summed E-state index contributed by atoms with van der Waals surface area (Å²) in [7, 11) is 0. The van der Waals surface area contributed by atoms with Crippen molar-refractivity contribution in [1.82, 2.24) is 0 Å². The normalized spacial score (nSPS) is 12.4. The van der Waals surface area contributed by atoms with Gasteiger partial charge in [-0.1, -0.05) is 24.4 Å². The number of benzene rings is 1. The van der Waals surface area contributed by atoms with Gasteiger partial charge < -0.3 is 10.4 Å². The number of alkyl halides is 3. The standard InChI is InChI=1S/C20H15F3N2OS2/c1-13-5-3-9-25(12-13)17(18(26)16-8-4-10-28-16)19(27)24-15-7-2-6-14(11-15)20(21,22)23/h2-12H,1H3,(H-,24,26,27). The van der Waals surface area contributed by atoms with Crippen LogP contribution in [0.2, 0.25) is 0 Å². The van der Waals surface area contributed by atoms with E-state index in [2.05, 4.69) is 5.32 Å². The zero-order valence-corrected chi connectivity index (χ0v) is 16.3. The summed E-state index contributed by atoms with van der Waals surface area (Å²) in [6, 6.07) is 11.8. The summed E-state index contributed by atoms with van der Waals surface area (Å²) >= 11 is 6.67. The van der Waals surface area contributed by atoms with Crippen LogP contribution in [-0.2, 0) is 6.18 Å². The van der Waals surface area contributed by atoms with Crippen LogP contribution in [0.5, 0.6) is 0 Å². The second kappa shape index (κ2) is 8.12. The van der Waals surface area contributed by atoms with Gasteiger partial charge in [-0.2, -0.15) is 17.7 Å². The van der Waals surface area contributed by atoms with Gasteiger partial charge in [0, 0.05) is 22.2 Å². The van der Waals surface area contributed by atoms with E-state index < -0.39 is 11.7 Å². The minimum absolute atomic E-state index is 0.0355. The van der Waals surface area contributed by atoms with Crippen LogP contribution in [0.3, 0.4) is 0 Å². The van der Waals surface area contributed by atoms with E-state index in [-0.39, 0.29) is 22.1 Å². The average molecular weight is 420 g/mol. The maximum Gasteiger partial charge on any atom is 0.416 e. The number of hydrogen-bond donors (Lipinski definition) is 1. The Morgan fingerprint density at radius 1 is 1.14 bits per heavy atom. The lowest BCUT2D eigenvalue weighted by Crippen LogP contribution is -2.40. The highest BCUT2D eigenvalue weighted by molar-refractivity contribution is 7.81. The third-order valence-electron chi connectivity index (χ3n) is 3.83. The second-order valence-corrected chi connectivity index (χ2v) is 7.33. The number of anilines is 1. The average Bonchev–Trinajstić information content (AvgIpc) is 3.16. The summed E-state index contributed by atoms with van der Waals surface area (Å²) in [5.41, 5.74) is 0.429. The summed E-state index contributed by atoms with van der Waals surface area (Å²) in [4.78, 5) is 0.519. The quantitative estimate of drug-likeness (QED) is 0.293. The molecule has 2 heterocycles. The molecule has 0 unspecified atom stereocenters. The Morgan fingerprint density at radius 3 is 2.57 bits per heavy atom. The molecule has 0 bridgehead atoms. The highest BCUT2D eigenvalue weighted by Crippen LogP contribution is 2.31. The number of pyridine rings is 1. The van der Waals surface area contributed by atoms with Crippen LogP contribution >= 0.6 is 23.6 Å². The predicted molar refractivity (Wildman–Crippen MR) is 106 cm³/mol. The lowest BCUT2D eigenvalue weighted by atomic mass is 10.2. The summed E-state index contributed by atoms with van der Waals surface area (Å²) in [6.45, 7) is 1.87. The van der Waals surface area contributed by atoms with Crippen LogP contribution in [-0.4, -0.2) is 4.99 Å². The van der Waals surface area contributed by atoms with Crippen LogP contribution in [0.15, 0.2) is 66.3 Å². The highest BCUT2D eigenvalue weighted by atomic mass is 32.1. The lowest BCUT2D eigenvalue weighted by molar-refractivity contribution is -0.578. The van der Waals surface area contributed by atoms with E-state index in [4.69, 9.17) is 12.2 Å². The van der Waals surface area contributed by atoms with Gasteiger partial charge in [0.25, 0.3) is 0 Å². The van der Waals surface area contributed by atoms with Gasteiger partial charge in [0.2, 0.25) is 5.70 Å². The molecule has 1 N–H and O–H groups in total. The van der Waals surface area contributed by atoms with Crippen molar-refractivity contribution in [2.45, 2.75) is 13.1 Å². The molecule has 0 amide bonds. The predicted octanol–water partition coefficient (Wildman–Crippen LogP) is 4.49. The number of halogens is 3. The van der Waals surface area contributed by atoms with Crippen LogP contribution in [0.1, 0.15) is 16.0 Å². The first-order valence-corrected chi connectivity index (χ1v) is 9.46. The minimum atomic E-state index is -4.47. The Morgan fingerprint density at radius 2 is 1.93 bits per heavy atom. The molecular formula is C20H15F3N2OS2. The zero-order valence-electron chi connectivity index (χ0n) is 14.7. The first kappa shape index (κ1) is 20.0. The van der Waals surface area contributed by atoms with Gasteiger partial charge in [-0.15, -0.1) is 11.3 Å². The smallest absolute Gasteiger partial charge is 0.416 e. The molecule has 0 saturated carbocycles. The van der Waals surface area contributed by atoms with Gasteiger partial charge in [-0.3, -0.25) is 0 Å². The van der Waals surface area contributed by atoms with Gasteiger partial charge in [0.15, 0.2) is 17.4 Å². The minimum Gasteiger partial charge on any atom is -0.867 e. The fourth-order valence-electron chi connectivity index (χ4n) is 2.56. The summed E-state index contributed by atoms with van der Waals surface area (Å²) in [6.07, 6.45) is -1.06. The van der Waals surface area contributed by atoms with E-state index in [1.165, 1.54) is 23.5 Å². The maximum absolute atomic E-state index is 13.0. The number of hydrogen-bond acceptors (Lipinski definition) is 3. The van der Waals surface area contributed by atoms with Crippen molar-refractivity contribution >= 4 is 45.7 Å². The van der Waals surface area contributed by atoms with Gasteiger partial charge in [0.1, 0.15) is 0 Å². The molecule has 3 nitrogen and oxygen atoms in total. The molecule has 0 aliphatic carbocycles. The van der Waals surface area contributed by atoms with Crippen molar-refractivity contribution in [1.29, 1.82) is 0 Å². The highest BCUT2D eigenvalue weighted by Gasteiger charge is 2.30. The maximum atomic E-state index is 13.0. The molecule has 0 radical (unpaired) electrons. The van der Waals surface area contributed by atoms with Crippen molar-refractivity contribution in [2.24, 2.45) is 0 Å². The van der Waals surface area contributed by atoms with Crippen molar-refractivity contribution in [3.8, 4) is 0 Å². The summed E-state index contributed by atoms with van der Waals surface area (Å²) < 4.78 is 40.5. The number of rotatable bonds is 4. The summed E-state index contributed by atoms with van der Waals surface area (Å²) in [5.74, 6) is -0.310. The van der Waals surface area contributed by atoms with Crippen molar-refractivity contribution in [3.05, 3.63) is 82.3 Å². The van der Waals surface area contributed by atoms with Crippen LogP contribution in [0.4, 0.5) is 18.9 Å². The molecule has 0 saturated heterocycles. The third kappa shape index (κ3) is 4.58. The first-order valence-electron chi connectivity index (χ1n) is 8.18. The lowest BCUT2D eigenvalue weighted by Gasteiger charge is -2.16. The molecule has 0 spiro atoms. The third-order valence-corrected chi connectivity index (χ3v) is 4.99. The van der Waals surface area contributed by atoms with Crippen molar-refractivity contribution in [2.75, 3.05) is 5.32 Å². The van der Waals surface area contributed by atoms with E-state index >= 15 is 0 Å². The van der Waals surface area contributed by atoms with E-state index in [1.807, 2.05) is 13.0 Å². The van der Waals surface area contributed by atoms with Gasteiger partial charge in [-0.05, 0) is 48.4 Å². The van der Waals surface area contributed by atoms with E-state index in [0.29, 0.717) is 4.88 Å². The topological polar surface area (TPSA) is 39.0 Å². The van der Waals surface area contributed by atoms with Crippen molar-refractivity contribution in [3.63, 3.8) is 0 Å². The molecule has 28 heavy (non-hydrogen) atoms. The molecule has 0 aliphatic heterocycles. The number of nitrogens with zero attached hydrogens (tertiary/aromatic N) is 1. The second-order valence-electron chi connectivity index (χ2n) is 5.98. The molecule has 3 rings (SSSR count). The SMILES string of the molecule is Cc1ccc[n+](C(C(=S)Nc2cccc(C(F)(F)F)c2)=C([O-])c2cccs2)c1. The number of nitrogens with one attached hydrogen (secondary N) is 1. The molecule has 0 atom stereocenters. The number of thiophene rings is 1. The fourth-order valence-corrected chi connectivity index (χ4v) is 3.54. The van der Waals surface area contributed by atoms with Crippen LogP contribution in [0, 0.1) is 6.92 Å². The number of aryl methyl sites for hydroxylation is 1. The monoisotopic (exact) mass is 420 g/mol. The van der Waals surface area contributed by atoms with Crippen molar-refractivity contribution < 1.29 is 22.8 Å². The number of thiocarbonyl (C=S) groups is 1. The zero-order chi connectivity index (χ0) is 20.3. The van der Waals surface area contributed by atoms with Gasteiger partial charge in [-0.25, -0.2) is 0 Å². The van der Waals surface area contributed by atoms with Gasteiger partial charge in [0.05, 0.1) is 5.56 Å². The Kier molecular flexibility index (Phi) is 5.81.